The average Bonchev–Trinajstić information content (AvgIpc) is 3.08. The first kappa shape index (κ1) is 13.5. The topological polar surface area (TPSA) is 26.0 Å². The average molecular weight is 301 g/mol. The minimum atomic E-state index is 0.719. The van der Waals surface area contributed by atoms with Crippen molar-refractivity contribution in [2.75, 3.05) is 0 Å². The maximum atomic E-state index is 5.53. The summed E-state index contributed by atoms with van der Waals surface area (Å²) in [6, 6.07) is 10.6. The summed E-state index contributed by atoms with van der Waals surface area (Å²) in [4.78, 5) is 6.92. The van der Waals surface area contributed by atoms with Crippen molar-refractivity contribution in [2.24, 2.45) is 0 Å². The Balaban J connectivity index is 1.70. The first-order chi connectivity index (χ1) is 9.72. The zero-order valence-corrected chi connectivity index (χ0v) is 13.1. The third kappa shape index (κ3) is 2.97. The van der Waals surface area contributed by atoms with Crippen LogP contribution >= 0.6 is 23.1 Å². The van der Waals surface area contributed by atoms with Crippen LogP contribution in [0.4, 0.5) is 0 Å². The number of oxazole rings is 1. The number of thioether (sulfide) groups is 1. The van der Waals surface area contributed by atoms with Gasteiger partial charge in [0.15, 0.2) is 0 Å². The molecule has 2 nitrogen and oxygen atoms in total. The summed E-state index contributed by atoms with van der Waals surface area (Å²) in [7, 11) is 0. The number of hydrogen-bond acceptors (Lipinski definition) is 4. The first-order valence-electron chi connectivity index (χ1n) is 6.41. The van der Waals surface area contributed by atoms with Gasteiger partial charge >= 0.3 is 0 Å². The Hall–Kier alpha value is -1.52. The molecule has 3 aromatic rings. The standard InChI is InChI=1S/C16H15NOS2/c1-11-5-6-14(12(2)8-11)20-10-13-9-18-16(17-13)15-4-3-7-19-15/h3-9H,10H2,1-2H3. The van der Waals surface area contributed by atoms with E-state index >= 15 is 0 Å². The van der Waals surface area contributed by atoms with E-state index in [1.165, 1.54) is 16.0 Å². The molecule has 0 amide bonds. The fourth-order valence-corrected chi connectivity index (χ4v) is 3.54. The minimum absolute atomic E-state index is 0.719. The van der Waals surface area contributed by atoms with Gasteiger partial charge in [-0.1, -0.05) is 23.8 Å². The smallest absolute Gasteiger partial charge is 0.236 e. The largest absolute Gasteiger partial charge is 0.444 e. The molecule has 0 saturated heterocycles. The van der Waals surface area contributed by atoms with Gasteiger partial charge in [-0.3, -0.25) is 0 Å². The number of benzene rings is 1. The SMILES string of the molecule is Cc1ccc(SCc2coc(-c3cccs3)n2)c(C)c1. The van der Waals surface area contributed by atoms with Gasteiger partial charge in [0.25, 0.3) is 0 Å². The Morgan fingerprint density at radius 1 is 1.25 bits per heavy atom. The Bertz CT molecular complexity index is 701. The van der Waals surface area contributed by atoms with Gasteiger partial charge in [0.05, 0.1) is 10.6 Å². The van der Waals surface area contributed by atoms with Gasteiger partial charge in [-0.15, -0.1) is 23.1 Å². The van der Waals surface area contributed by atoms with Gasteiger partial charge in [-0.2, -0.15) is 0 Å². The van der Waals surface area contributed by atoms with Gasteiger partial charge in [0, 0.05) is 10.6 Å². The van der Waals surface area contributed by atoms with Crippen molar-refractivity contribution in [3.05, 3.63) is 58.8 Å². The summed E-state index contributed by atoms with van der Waals surface area (Å²) in [5.74, 6) is 1.55. The third-order valence-electron chi connectivity index (χ3n) is 2.99. The molecule has 102 valence electrons. The lowest BCUT2D eigenvalue weighted by Crippen LogP contribution is -1.84. The molecule has 0 aliphatic rings. The molecule has 0 spiro atoms. The monoisotopic (exact) mass is 301 g/mol. The summed E-state index contributed by atoms with van der Waals surface area (Å²) in [6.07, 6.45) is 1.76. The predicted octanol–water partition coefficient (Wildman–Crippen LogP) is 5.31. The molecule has 2 heterocycles. The van der Waals surface area contributed by atoms with Crippen molar-refractivity contribution in [2.45, 2.75) is 24.5 Å². The first-order valence-corrected chi connectivity index (χ1v) is 8.27. The maximum Gasteiger partial charge on any atom is 0.236 e. The van der Waals surface area contributed by atoms with E-state index in [0.717, 1.165) is 22.2 Å². The lowest BCUT2D eigenvalue weighted by Gasteiger charge is -2.04. The molecule has 1 aromatic carbocycles. The van der Waals surface area contributed by atoms with Crippen molar-refractivity contribution in [1.82, 2.24) is 4.98 Å². The Morgan fingerprint density at radius 3 is 2.90 bits per heavy atom. The van der Waals surface area contributed by atoms with Crippen molar-refractivity contribution in [3.63, 3.8) is 0 Å². The second kappa shape index (κ2) is 5.85. The zero-order valence-electron chi connectivity index (χ0n) is 11.4. The van der Waals surface area contributed by atoms with Crippen molar-refractivity contribution < 1.29 is 4.42 Å². The van der Waals surface area contributed by atoms with E-state index in [9.17, 15) is 0 Å². The minimum Gasteiger partial charge on any atom is -0.444 e. The predicted molar refractivity (Wildman–Crippen MR) is 85.3 cm³/mol. The van der Waals surface area contributed by atoms with E-state index < -0.39 is 0 Å². The molecular formula is C16H15NOS2. The van der Waals surface area contributed by atoms with E-state index in [-0.39, 0.29) is 0 Å². The highest BCUT2D eigenvalue weighted by Gasteiger charge is 2.08. The number of hydrogen-bond donors (Lipinski definition) is 0. The Kier molecular flexibility index (Phi) is 3.94. The molecule has 0 radical (unpaired) electrons. The molecule has 0 saturated carbocycles. The van der Waals surface area contributed by atoms with Gasteiger partial charge < -0.3 is 4.42 Å². The summed E-state index contributed by atoms with van der Waals surface area (Å²) in [5.41, 5.74) is 3.60. The number of nitrogens with zero attached hydrogens (tertiary/aromatic N) is 1. The summed E-state index contributed by atoms with van der Waals surface area (Å²) >= 11 is 3.45. The van der Waals surface area contributed by atoms with Crippen LogP contribution in [0.2, 0.25) is 0 Å². The summed E-state index contributed by atoms with van der Waals surface area (Å²) in [5, 5.41) is 2.03. The van der Waals surface area contributed by atoms with Crippen molar-refractivity contribution in [3.8, 4) is 10.8 Å². The molecule has 20 heavy (non-hydrogen) atoms. The molecular weight excluding hydrogens is 286 g/mol. The summed E-state index contributed by atoms with van der Waals surface area (Å²) in [6.45, 7) is 4.27. The van der Waals surface area contributed by atoms with Crippen LogP contribution in [0, 0.1) is 13.8 Å². The molecule has 0 atom stereocenters. The third-order valence-corrected chi connectivity index (χ3v) is 5.06. The van der Waals surface area contributed by atoms with Gasteiger partial charge in [0.1, 0.15) is 6.26 Å². The van der Waals surface area contributed by atoms with Crippen LogP contribution in [0.25, 0.3) is 10.8 Å². The highest BCUT2D eigenvalue weighted by atomic mass is 32.2. The van der Waals surface area contributed by atoms with Gasteiger partial charge in [0.2, 0.25) is 5.89 Å². The molecule has 2 aromatic heterocycles. The highest BCUT2D eigenvalue weighted by molar-refractivity contribution is 7.98. The maximum absolute atomic E-state index is 5.53. The molecule has 0 aliphatic heterocycles. The number of thiophene rings is 1. The molecule has 0 bridgehead atoms. The number of aryl methyl sites for hydroxylation is 2. The highest BCUT2D eigenvalue weighted by Crippen LogP contribution is 2.28. The van der Waals surface area contributed by atoms with Crippen molar-refractivity contribution in [1.29, 1.82) is 0 Å². The van der Waals surface area contributed by atoms with E-state index in [1.807, 2.05) is 17.5 Å². The van der Waals surface area contributed by atoms with Crippen LogP contribution in [-0.4, -0.2) is 4.98 Å². The Morgan fingerprint density at radius 2 is 2.15 bits per heavy atom. The zero-order chi connectivity index (χ0) is 13.9. The van der Waals surface area contributed by atoms with E-state index in [1.54, 1.807) is 29.4 Å². The van der Waals surface area contributed by atoms with Crippen LogP contribution in [0.3, 0.4) is 0 Å². The quantitative estimate of drug-likeness (QED) is 0.611. The second-order valence-electron chi connectivity index (χ2n) is 4.68. The van der Waals surface area contributed by atoms with Crippen LogP contribution in [0.5, 0.6) is 0 Å². The lowest BCUT2D eigenvalue weighted by molar-refractivity contribution is 0.575. The number of aromatic nitrogens is 1. The fraction of sp³-hybridized carbons (Fsp3) is 0.188. The van der Waals surface area contributed by atoms with E-state index in [0.29, 0.717) is 0 Å². The van der Waals surface area contributed by atoms with Gasteiger partial charge in [-0.05, 0) is 36.9 Å². The molecule has 0 N–H and O–H groups in total. The van der Waals surface area contributed by atoms with Crippen LogP contribution in [-0.2, 0) is 5.75 Å². The molecule has 0 aliphatic carbocycles. The molecule has 3 rings (SSSR count). The van der Waals surface area contributed by atoms with Crippen LogP contribution < -0.4 is 0 Å². The van der Waals surface area contributed by atoms with Crippen LogP contribution in [0.15, 0.2) is 51.3 Å². The lowest BCUT2D eigenvalue weighted by atomic mass is 10.2. The summed E-state index contributed by atoms with van der Waals surface area (Å²) < 4.78 is 5.53. The second-order valence-corrected chi connectivity index (χ2v) is 6.64. The fourth-order valence-electron chi connectivity index (χ4n) is 2.00. The van der Waals surface area contributed by atoms with Gasteiger partial charge in [-0.25, -0.2) is 4.98 Å². The molecule has 4 heteroatoms. The van der Waals surface area contributed by atoms with Crippen molar-refractivity contribution >= 4 is 23.1 Å². The van der Waals surface area contributed by atoms with E-state index in [2.05, 4.69) is 37.0 Å². The number of rotatable bonds is 4. The molecule has 0 fully saturated rings. The van der Waals surface area contributed by atoms with E-state index in [4.69, 9.17) is 4.42 Å². The van der Waals surface area contributed by atoms with Crippen LogP contribution in [0.1, 0.15) is 16.8 Å². The Labute approximate surface area is 126 Å². The molecule has 0 unspecified atom stereocenters. The normalized spacial score (nSPS) is 10.9.